The summed E-state index contributed by atoms with van der Waals surface area (Å²) in [6.45, 7) is 4.74. The molecule has 4 N–H and O–H groups in total. The van der Waals surface area contributed by atoms with Crippen LogP contribution in [-0.2, 0) is 9.53 Å². The van der Waals surface area contributed by atoms with E-state index in [1.165, 1.54) is 0 Å². The summed E-state index contributed by atoms with van der Waals surface area (Å²) in [7, 11) is 0. The number of nitrogens with two attached hydrogens (primary N) is 1. The van der Waals surface area contributed by atoms with Crippen LogP contribution < -0.4 is 11.1 Å². The highest BCUT2D eigenvalue weighted by atomic mass is 16.5. The van der Waals surface area contributed by atoms with Gasteiger partial charge in [0, 0.05) is 6.54 Å². The summed E-state index contributed by atoms with van der Waals surface area (Å²) in [5, 5.41) is 3.11. The first-order valence-electron chi connectivity index (χ1n) is 8.67. The Morgan fingerprint density at radius 2 is 2.21 bits per heavy atom. The Labute approximate surface area is 142 Å². The first-order valence-corrected chi connectivity index (χ1v) is 8.67. The molecular formula is C18H26N4O2. The molecule has 3 rings (SSSR count). The minimum Gasteiger partial charge on any atom is -0.364 e. The van der Waals surface area contributed by atoms with Gasteiger partial charge in [-0.25, -0.2) is 4.98 Å². The maximum Gasteiger partial charge on any atom is 0.249 e. The molecule has 1 fully saturated rings. The molecule has 1 saturated heterocycles. The van der Waals surface area contributed by atoms with E-state index in [-0.39, 0.29) is 18.1 Å². The lowest BCUT2D eigenvalue weighted by molar-refractivity contribution is -0.132. The number of ether oxygens (including phenoxy) is 1. The van der Waals surface area contributed by atoms with Crippen LogP contribution in [0, 0.1) is 5.92 Å². The second-order valence-electron chi connectivity index (χ2n) is 6.89. The van der Waals surface area contributed by atoms with Crippen LogP contribution in [0.4, 0.5) is 0 Å². The van der Waals surface area contributed by atoms with Gasteiger partial charge in [-0.2, -0.15) is 0 Å². The Morgan fingerprint density at radius 1 is 1.42 bits per heavy atom. The molecule has 2 heterocycles. The van der Waals surface area contributed by atoms with Crippen molar-refractivity contribution in [3.05, 3.63) is 30.1 Å². The number of carbonyl (C=O) groups excluding carboxylic acids is 1. The van der Waals surface area contributed by atoms with E-state index in [1.807, 2.05) is 24.3 Å². The molecule has 3 atom stereocenters. The number of nitrogens with zero attached hydrogens (tertiary/aromatic N) is 1. The van der Waals surface area contributed by atoms with Crippen molar-refractivity contribution in [3.63, 3.8) is 0 Å². The molecule has 0 bridgehead atoms. The van der Waals surface area contributed by atoms with Crippen molar-refractivity contribution in [2.24, 2.45) is 11.7 Å². The maximum absolute atomic E-state index is 12.6. The maximum atomic E-state index is 12.6. The fourth-order valence-electron chi connectivity index (χ4n) is 3.18. The number of H-pyrrole nitrogens is 1. The van der Waals surface area contributed by atoms with Crippen molar-refractivity contribution in [2.75, 3.05) is 6.54 Å². The number of imidazole rings is 1. The van der Waals surface area contributed by atoms with E-state index < -0.39 is 6.10 Å². The summed E-state index contributed by atoms with van der Waals surface area (Å²) < 4.78 is 5.71. The molecule has 0 radical (unpaired) electrons. The van der Waals surface area contributed by atoms with E-state index in [0.29, 0.717) is 12.5 Å². The van der Waals surface area contributed by atoms with Crippen molar-refractivity contribution < 1.29 is 9.53 Å². The van der Waals surface area contributed by atoms with Gasteiger partial charge in [0.05, 0.1) is 23.2 Å². The molecule has 6 nitrogen and oxygen atoms in total. The number of para-hydroxylation sites is 2. The molecule has 1 amide bonds. The molecule has 24 heavy (non-hydrogen) atoms. The first kappa shape index (κ1) is 16.9. The van der Waals surface area contributed by atoms with Crippen LogP contribution in [0.5, 0.6) is 0 Å². The van der Waals surface area contributed by atoms with Crippen LogP contribution in [0.15, 0.2) is 24.3 Å². The lowest BCUT2D eigenvalue weighted by Gasteiger charge is -2.21. The Balaban J connectivity index is 1.75. The number of fused-ring (bicyclic) bond motifs is 1. The van der Waals surface area contributed by atoms with E-state index in [4.69, 9.17) is 10.5 Å². The monoisotopic (exact) mass is 330 g/mol. The molecule has 130 valence electrons. The molecule has 0 spiro atoms. The highest BCUT2D eigenvalue weighted by Crippen LogP contribution is 2.24. The van der Waals surface area contributed by atoms with Gasteiger partial charge < -0.3 is 20.8 Å². The van der Waals surface area contributed by atoms with Gasteiger partial charge in [-0.3, -0.25) is 4.79 Å². The molecule has 6 heteroatoms. The second-order valence-corrected chi connectivity index (χ2v) is 6.89. The fourth-order valence-corrected chi connectivity index (χ4v) is 3.18. The van der Waals surface area contributed by atoms with Crippen molar-refractivity contribution in [1.82, 2.24) is 15.3 Å². The summed E-state index contributed by atoms with van der Waals surface area (Å²) in [5.74, 6) is 1.16. The van der Waals surface area contributed by atoms with Gasteiger partial charge in [0.1, 0.15) is 11.9 Å². The van der Waals surface area contributed by atoms with Crippen LogP contribution in [-0.4, -0.2) is 34.6 Å². The fraction of sp³-hybridized carbons (Fsp3) is 0.556. The van der Waals surface area contributed by atoms with Gasteiger partial charge in [0.15, 0.2) is 0 Å². The van der Waals surface area contributed by atoms with E-state index >= 15 is 0 Å². The van der Waals surface area contributed by atoms with Gasteiger partial charge >= 0.3 is 0 Å². The number of carbonyl (C=O) groups is 1. The van der Waals surface area contributed by atoms with Crippen molar-refractivity contribution in [1.29, 1.82) is 0 Å². The predicted molar refractivity (Wildman–Crippen MR) is 93.4 cm³/mol. The van der Waals surface area contributed by atoms with Crippen LogP contribution >= 0.6 is 0 Å². The summed E-state index contributed by atoms with van der Waals surface area (Å²) in [6.07, 6.45) is 1.97. The lowest BCUT2D eigenvalue weighted by Crippen LogP contribution is -2.38. The predicted octanol–water partition coefficient (Wildman–Crippen LogP) is 2.27. The average molecular weight is 330 g/mol. The number of benzene rings is 1. The Bertz CT molecular complexity index is 664. The number of hydrogen-bond donors (Lipinski definition) is 3. The van der Waals surface area contributed by atoms with Gasteiger partial charge in [-0.05, 0) is 37.3 Å². The smallest absolute Gasteiger partial charge is 0.249 e. The van der Waals surface area contributed by atoms with Gasteiger partial charge in [0.2, 0.25) is 5.91 Å². The number of nitrogens with one attached hydrogen (secondary N) is 2. The summed E-state index contributed by atoms with van der Waals surface area (Å²) in [5.41, 5.74) is 7.52. The van der Waals surface area contributed by atoms with Crippen LogP contribution in [0.2, 0.25) is 0 Å². The summed E-state index contributed by atoms with van der Waals surface area (Å²) in [4.78, 5) is 20.5. The first-order chi connectivity index (χ1) is 11.6. The van der Waals surface area contributed by atoms with Crippen molar-refractivity contribution >= 4 is 16.9 Å². The zero-order valence-electron chi connectivity index (χ0n) is 14.3. The van der Waals surface area contributed by atoms with Crippen molar-refractivity contribution in [3.8, 4) is 0 Å². The number of amides is 1. The summed E-state index contributed by atoms with van der Waals surface area (Å²) >= 11 is 0. The minimum atomic E-state index is -0.405. The second kappa shape index (κ2) is 7.32. The molecule has 1 aliphatic heterocycles. The molecular weight excluding hydrogens is 304 g/mol. The number of aromatic amines is 1. The standard InChI is InChI=1S/C18H26N4O2/c1-11(2)9-15(17-20-13-5-3-4-6-14(13)21-17)22-18(23)16-8-7-12(10-19)24-16/h3-6,11-12,15-16H,7-10,19H2,1-2H3,(H,20,21)(H,22,23)/t12-,15?,16+/m1/s1. The van der Waals surface area contributed by atoms with Gasteiger partial charge in [-0.15, -0.1) is 0 Å². The molecule has 2 aromatic rings. The van der Waals surface area contributed by atoms with Crippen LogP contribution in [0.25, 0.3) is 11.0 Å². The van der Waals surface area contributed by atoms with E-state index in [1.54, 1.807) is 0 Å². The SMILES string of the molecule is CC(C)CC(NC(=O)[C@@H]1CC[C@H](CN)O1)c1nc2ccccc2[nH]1. The quantitative estimate of drug-likeness (QED) is 0.757. The number of hydrogen-bond acceptors (Lipinski definition) is 4. The molecule has 1 aromatic heterocycles. The van der Waals surface area contributed by atoms with Gasteiger partial charge in [0.25, 0.3) is 0 Å². The molecule has 0 aliphatic carbocycles. The van der Waals surface area contributed by atoms with Crippen molar-refractivity contribution in [2.45, 2.75) is 51.4 Å². The number of rotatable bonds is 6. The lowest BCUT2D eigenvalue weighted by atomic mass is 10.0. The minimum absolute atomic E-state index is 0.00417. The Kier molecular flexibility index (Phi) is 5.16. The molecule has 0 saturated carbocycles. The zero-order valence-corrected chi connectivity index (χ0v) is 14.3. The van der Waals surface area contributed by atoms with Crippen LogP contribution in [0.3, 0.4) is 0 Å². The zero-order chi connectivity index (χ0) is 17.1. The highest BCUT2D eigenvalue weighted by molar-refractivity contribution is 5.81. The highest BCUT2D eigenvalue weighted by Gasteiger charge is 2.31. The molecule has 1 unspecified atom stereocenters. The Hall–Kier alpha value is -1.92. The average Bonchev–Trinajstić information content (AvgIpc) is 3.20. The third-order valence-corrected chi connectivity index (χ3v) is 4.42. The normalized spacial score (nSPS) is 22.2. The van der Waals surface area contributed by atoms with Crippen LogP contribution in [0.1, 0.15) is 45.0 Å². The molecule has 1 aromatic carbocycles. The third kappa shape index (κ3) is 3.76. The topological polar surface area (TPSA) is 93.0 Å². The Morgan fingerprint density at radius 3 is 2.88 bits per heavy atom. The number of aromatic nitrogens is 2. The van der Waals surface area contributed by atoms with E-state index in [9.17, 15) is 4.79 Å². The third-order valence-electron chi connectivity index (χ3n) is 4.42. The largest absolute Gasteiger partial charge is 0.364 e. The van der Waals surface area contributed by atoms with E-state index in [0.717, 1.165) is 36.1 Å². The van der Waals surface area contributed by atoms with E-state index in [2.05, 4.69) is 29.1 Å². The van der Waals surface area contributed by atoms with Gasteiger partial charge in [-0.1, -0.05) is 26.0 Å². The summed E-state index contributed by atoms with van der Waals surface area (Å²) in [6, 6.07) is 7.74. The molecule has 1 aliphatic rings.